The van der Waals surface area contributed by atoms with Crippen LogP contribution in [0, 0.1) is 10.1 Å². The van der Waals surface area contributed by atoms with E-state index < -0.39 is 22.2 Å². The van der Waals surface area contributed by atoms with Crippen molar-refractivity contribution in [3.05, 3.63) is 94.0 Å². The number of nitrogens with zero attached hydrogens (tertiary/aromatic N) is 1. The smallest absolute Gasteiger partial charge is 0.334 e. The lowest BCUT2D eigenvalue weighted by atomic mass is 10.1. The number of nitro benzene ring substituents is 1. The molecule has 0 fully saturated rings. The minimum atomic E-state index is -1.81. The Labute approximate surface area is 188 Å². The molecule has 0 aliphatic carbocycles. The van der Waals surface area contributed by atoms with E-state index in [-0.39, 0.29) is 22.9 Å². The Balaban J connectivity index is 1.99. The fraction of sp³-hybridized carbons (Fsp3) is 0.174. The molecular weight excluding hydrogens is 434 g/mol. The number of aliphatic hydroxyl groups excluding tert-OH is 1. The number of hydrogen-bond donors (Lipinski definition) is 2. The quantitative estimate of drug-likeness (QED) is 0.261. The molecule has 32 heavy (non-hydrogen) atoms. The Hall–Kier alpha value is -3.56. The lowest BCUT2D eigenvalue weighted by Gasteiger charge is -2.21. The molecule has 0 saturated heterocycles. The van der Waals surface area contributed by atoms with Crippen molar-refractivity contribution >= 4 is 23.4 Å². The first-order valence-corrected chi connectivity index (χ1v) is 10.4. The van der Waals surface area contributed by atoms with E-state index in [4.69, 9.17) is 9.47 Å². The monoisotopic (exact) mass is 455 g/mol. The molecule has 0 aliphatic heterocycles. The normalized spacial score (nSPS) is 12.6. The number of aliphatic carboxylic acids is 1. The number of carboxylic acids is 1. The molecule has 3 aromatic rings. The van der Waals surface area contributed by atoms with Crippen LogP contribution in [0.15, 0.2) is 77.7 Å². The predicted molar refractivity (Wildman–Crippen MR) is 119 cm³/mol. The maximum absolute atomic E-state index is 11.7. The number of aliphatic hydroxyl groups is 1. The molecule has 8 nitrogen and oxygen atoms in total. The van der Waals surface area contributed by atoms with Gasteiger partial charge in [-0.05, 0) is 29.3 Å². The summed E-state index contributed by atoms with van der Waals surface area (Å²) < 4.78 is 11.0. The van der Waals surface area contributed by atoms with E-state index in [1.165, 1.54) is 19.2 Å². The Morgan fingerprint density at radius 3 is 2.34 bits per heavy atom. The van der Waals surface area contributed by atoms with Crippen LogP contribution in [-0.4, -0.2) is 34.3 Å². The molecule has 2 unspecified atom stereocenters. The van der Waals surface area contributed by atoms with Crippen LogP contribution in [0.4, 0.5) is 5.69 Å². The fourth-order valence-corrected chi connectivity index (χ4v) is 4.28. The third kappa shape index (κ3) is 5.57. The molecule has 0 amide bonds. The zero-order valence-electron chi connectivity index (χ0n) is 17.1. The Morgan fingerprint density at radius 1 is 1.06 bits per heavy atom. The number of hydrogen-bond acceptors (Lipinski definition) is 7. The average Bonchev–Trinajstić information content (AvgIpc) is 2.81. The summed E-state index contributed by atoms with van der Waals surface area (Å²) in [6.45, 7) is 0.171. The number of methoxy groups -OCH3 is 1. The molecule has 0 heterocycles. The van der Waals surface area contributed by atoms with E-state index in [0.717, 1.165) is 17.3 Å². The van der Waals surface area contributed by atoms with Crippen LogP contribution >= 0.6 is 11.8 Å². The van der Waals surface area contributed by atoms with Gasteiger partial charge < -0.3 is 19.7 Å². The number of benzene rings is 3. The third-order valence-electron chi connectivity index (χ3n) is 4.62. The van der Waals surface area contributed by atoms with Crippen LogP contribution in [0.1, 0.15) is 16.4 Å². The highest BCUT2D eigenvalue weighted by atomic mass is 32.2. The summed E-state index contributed by atoms with van der Waals surface area (Å²) in [7, 11) is 1.50. The van der Waals surface area contributed by atoms with Crippen molar-refractivity contribution in [2.24, 2.45) is 0 Å². The molecule has 2 N–H and O–H groups in total. The maximum Gasteiger partial charge on any atom is 0.334 e. The Kier molecular flexibility index (Phi) is 7.69. The predicted octanol–water partition coefficient (Wildman–Crippen LogP) is 4.46. The lowest BCUT2D eigenvalue weighted by molar-refractivity contribution is -0.387. The molecular formula is C23H21NO7S. The molecule has 0 aromatic heterocycles. The highest BCUT2D eigenvalue weighted by Gasteiger charge is 2.32. The molecule has 0 spiro atoms. The minimum Gasteiger partial charge on any atom is -0.497 e. The summed E-state index contributed by atoms with van der Waals surface area (Å²) in [4.78, 5) is 22.9. The van der Waals surface area contributed by atoms with E-state index in [0.29, 0.717) is 11.3 Å². The first kappa shape index (κ1) is 23.1. The van der Waals surface area contributed by atoms with E-state index >= 15 is 0 Å². The number of thioether (sulfide) groups is 1. The summed E-state index contributed by atoms with van der Waals surface area (Å²) in [6, 6.07) is 20.2. The highest BCUT2D eigenvalue weighted by Crippen LogP contribution is 2.46. The van der Waals surface area contributed by atoms with E-state index in [9.17, 15) is 25.1 Å². The molecule has 0 bridgehead atoms. The van der Waals surface area contributed by atoms with Crippen molar-refractivity contribution in [3.8, 4) is 11.5 Å². The minimum absolute atomic E-state index is 0.134. The summed E-state index contributed by atoms with van der Waals surface area (Å²) in [5.41, 5.74) is 1.10. The summed E-state index contributed by atoms with van der Waals surface area (Å²) >= 11 is 0.870. The van der Waals surface area contributed by atoms with Gasteiger partial charge in [-0.25, -0.2) is 4.79 Å². The first-order chi connectivity index (χ1) is 15.4. The Morgan fingerprint density at radius 2 is 1.75 bits per heavy atom. The SMILES string of the molecule is COc1ccc(C(Sc2c(OCc3ccccc3)cccc2[N+](=O)[O-])C(O)C(=O)O)cc1. The van der Waals surface area contributed by atoms with E-state index in [1.54, 1.807) is 30.3 Å². The maximum atomic E-state index is 11.7. The van der Waals surface area contributed by atoms with Gasteiger partial charge in [0.05, 0.1) is 17.3 Å². The third-order valence-corrected chi connectivity index (χ3v) is 6.05. The molecule has 3 aromatic carbocycles. The second kappa shape index (κ2) is 10.7. The second-order valence-corrected chi connectivity index (χ2v) is 7.88. The van der Waals surface area contributed by atoms with Gasteiger partial charge in [-0.2, -0.15) is 0 Å². The second-order valence-electron chi connectivity index (χ2n) is 6.73. The van der Waals surface area contributed by atoms with Crippen LogP contribution in [0.5, 0.6) is 11.5 Å². The standard InChI is InChI=1S/C23H21NO7S/c1-30-17-12-10-16(11-13-17)21(20(25)23(26)27)32-22-18(24(28)29)8-5-9-19(22)31-14-15-6-3-2-4-7-15/h2-13,20-21,25H,14H2,1H3,(H,26,27). The molecule has 9 heteroatoms. The lowest BCUT2D eigenvalue weighted by Crippen LogP contribution is -2.26. The number of nitro groups is 1. The van der Waals surface area contributed by atoms with Gasteiger partial charge in [0.1, 0.15) is 23.0 Å². The van der Waals surface area contributed by atoms with Crippen molar-refractivity contribution in [2.45, 2.75) is 22.9 Å². The van der Waals surface area contributed by atoms with Gasteiger partial charge in [-0.15, -0.1) is 11.8 Å². The average molecular weight is 455 g/mol. The first-order valence-electron chi connectivity index (χ1n) is 9.56. The summed E-state index contributed by atoms with van der Waals surface area (Å²) in [6.07, 6.45) is -1.81. The van der Waals surface area contributed by atoms with Crippen molar-refractivity contribution in [1.29, 1.82) is 0 Å². The molecule has 0 saturated carbocycles. The number of ether oxygens (including phenoxy) is 2. The van der Waals surface area contributed by atoms with Crippen LogP contribution < -0.4 is 9.47 Å². The van der Waals surface area contributed by atoms with Crippen molar-refractivity contribution in [1.82, 2.24) is 0 Å². The summed E-state index contributed by atoms with van der Waals surface area (Å²) in [5, 5.41) is 30.5. The van der Waals surface area contributed by atoms with Crippen molar-refractivity contribution < 1.29 is 29.4 Å². The van der Waals surface area contributed by atoms with Gasteiger partial charge in [0.2, 0.25) is 0 Å². The molecule has 0 aliphatic rings. The fourth-order valence-electron chi connectivity index (χ4n) is 2.98. The van der Waals surface area contributed by atoms with Crippen molar-refractivity contribution in [3.63, 3.8) is 0 Å². The van der Waals surface area contributed by atoms with E-state index in [2.05, 4.69) is 0 Å². The zero-order valence-corrected chi connectivity index (χ0v) is 17.9. The number of carbonyl (C=O) groups is 1. The molecule has 2 atom stereocenters. The van der Waals surface area contributed by atoms with E-state index in [1.807, 2.05) is 30.3 Å². The zero-order chi connectivity index (χ0) is 23.1. The molecule has 166 valence electrons. The van der Waals surface area contributed by atoms with Crippen LogP contribution in [0.3, 0.4) is 0 Å². The van der Waals surface area contributed by atoms with Gasteiger partial charge in [0.15, 0.2) is 6.10 Å². The van der Waals surface area contributed by atoms with Gasteiger partial charge in [0, 0.05) is 6.07 Å². The van der Waals surface area contributed by atoms with Gasteiger partial charge in [0.25, 0.3) is 5.69 Å². The van der Waals surface area contributed by atoms with Crippen molar-refractivity contribution in [2.75, 3.05) is 7.11 Å². The largest absolute Gasteiger partial charge is 0.497 e. The molecule has 0 radical (unpaired) electrons. The summed E-state index contributed by atoms with van der Waals surface area (Å²) in [5.74, 6) is -0.660. The Bertz CT molecular complexity index is 1070. The van der Waals surface area contributed by atoms with Gasteiger partial charge >= 0.3 is 5.97 Å². The molecule has 3 rings (SSSR count). The van der Waals surface area contributed by atoms with Gasteiger partial charge in [-0.3, -0.25) is 10.1 Å². The number of carboxylic acid groups (broad SMARTS) is 1. The van der Waals surface area contributed by atoms with Gasteiger partial charge in [-0.1, -0.05) is 48.5 Å². The topological polar surface area (TPSA) is 119 Å². The van der Waals surface area contributed by atoms with Crippen LogP contribution in [0.2, 0.25) is 0 Å². The highest BCUT2D eigenvalue weighted by molar-refractivity contribution is 7.99. The van der Waals surface area contributed by atoms with Crippen LogP contribution in [-0.2, 0) is 11.4 Å². The number of rotatable bonds is 10. The van der Waals surface area contributed by atoms with Crippen LogP contribution in [0.25, 0.3) is 0 Å².